The Hall–Kier alpha value is -1.59. The number of halogens is 2. The van der Waals surface area contributed by atoms with Crippen LogP contribution in [0.1, 0.15) is 29.6 Å². The van der Waals surface area contributed by atoms with Crippen LogP contribution in [0.4, 0.5) is 0 Å². The summed E-state index contributed by atoms with van der Waals surface area (Å²) in [6, 6.07) is 5.53. The summed E-state index contributed by atoms with van der Waals surface area (Å²) in [5.41, 5.74) is 0.946. The van der Waals surface area contributed by atoms with Crippen molar-refractivity contribution in [2.75, 3.05) is 6.54 Å². The van der Waals surface area contributed by atoms with Crippen LogP contribution in [0.2, 0.25) is 10.0 Å². The first-order valence-electron chi connectivity index (χ1n) is 7.07. The third-order valence-electron chi connectivity index (χ3n) is 3.72. The lowest BCUT2D eigenvalue weighted by Crippen LogP contribution is -2.27. The first-order chi connectivity index (χ1) is 10.6. The number of benzene rings is 1. The highest BCUT2D eigenvalue weighted by atomic mass is 35.5. The number of hydrogen-bond donors (Lipinski definition) is 1. The van der Waals surface area contributed by atoms with E-state index in [4.69, 9.17) is 27.7 Å². The molecule has 1 aromatic heterocycles. The fraction of sp³-hybridized carbons (Fsp3) is 0.400. The molecular weight excluding hydrogens is 325 g/mol. The zero-order valence-electron chi connectivity index (χ0n) is 12.0. The van der Waals surface area contributed by atoms with Gasteiger partial charge in [0, 0.05) is 18.9 Å². The van der Waals surface area contributed by atoms with Crippen LogP contribution in [0.25, 0.3) is 0 Å². The third kappa shape index (κ3) is 3.25. The van der Waals surface area contributed by atoms with Gasteiger partial charge in [0.05, 0.1) is 10.0 Å². The van der Waals surface area contributed by atoms with Crippen molar-refractivity contribution in [1.82, 2.24) is 15.5 Å². The molecular formula is C15H15Cl2N3O2. The summed E-state index contributed by atoms with van der Waals surface area (Å²) in [5.74, 6) is 1.26. The fourth-order valence-electron chi connectivity index (χ4n) is 2.50. The maximum Gasteiger partial charge on any atom is 0.228 e. The molecule has 0 aliphatic heterocycles. The number of nitrogens with zero attached hydrogens (tertiary/aromatic N) is 2. The van der Waals surface area contributed by atoms with Gasteiger partial charge in [-0.1, -0.05) is 40.5 Å². The SMILES string of the molecule is Cc1noc(CCNC(=O)[C@@H]2C[C@H]2c2cccc(Cl)c2Cl)n1. The lowest BCUT2D eigenvalue weighted by atomic mass is 10.1. The van der Waals surface area contributed by atoms with Gasteiger partial charge in [-0.3, -0.25) is 4.79 Å². The largest absolute Gasteiger partial charge is 0.355 e. The second kappa shape index (κ2) is 6.26. The number of hydrogen-bond acceptors (Lipinski definition) is 4. The van der Waals surface area contributed by atoms with Gasteiger partial charge in [0.1, 0.15) is 0 Å². The van der Waals surface area contributed by atoms with Gasteiger partial charge in [-0.15, -0.1) is 0 Å². The minimum atomic E-state index is -0.0413. The minimum absolute atomic E-state index is 0.0253. The van der Waals surface area contributed by atoms with E-state index in [1.807, 2.05) is 12.1 Å². The van der Waals surface area contributed by atoms with Crippen molar-refractivity contribution in [3.63, 3.8) is 0 Å². The molecule has 1 fully saturated rings. The summed E-state index contributed by atoms with van der Waals surface area (Å²) in [4.78, 5) is 16.2. The van der Waals surface area contributed by atoms with E-state index in [0.29, 0.717) is 34.7 Å². The fourth-order valence-corrected chi connectivity index (χ4v) is 2.95. The van der Waals surface area contributed by atoms with Gasteiger partial charge in [-0.05, 0) is 30.9 Å². The summed E-state index contributed by atoms with van der Waals surface area (Å²) in [6.45, 7) is 2.24. The minimum Gasteiger partial charge on any atom is -0.355 e. The molecule has 2 atom stereocenters. The molecule has 1 heterocycles. The Balaban J connectivity index is 1.51. The Bertz CT molecular complexity index is 702. The van der Waals surface area contributed by atoms with Gasteiger partial charge in [0.25, 0.3) is 0 Å². The zero-order chi connectivity index (χ0) is 15.7. The second-order valence-corrected chi connectivity index (χ2v) is 6.15. The molecule has 5 nitrogen and oxygen atoms in total. The Labute approximate surface area is 138 Å². The summed E-state index contributed by atoms with van der Waals surface area (Å²) in [7, 11) is 0. The van der Waals surface area contributed by atoms with Crippen molar-refractivity contribution in [1.29, 1.82) is 0 Å². The van der Waals surface area contributed by atoms with Crippen LogP contribution in [0, 0.1) is 12.8 Å². The predicted octanol–water partition coefficient (Wildman–Crippen LogP) is 3.15. The van der Waals surface area contributed by atoms with Crippen LogP contribution in [0.15, 0.2) is 22.7 Å². The molecule has 2 aromatic rings. The highest BCUT2D eigenvalue weighted by molar-refractivity contribution is 6.42. The highest BCUT2D eigenvalue weighted by Crippen LogP contribution is 2.50. The third-order valence-corrected chi connectivity index (χ3v) is 4.55. The van der Waals surface area contributed by atoms with Crippen molar-refractivity contribution < 1.29 is 9.32 Å². The van der Waals surface area contributed by atoms with E-state index in [-0.39, 0.29) is 17.7 Å². The number of carbonyl (C=O) groups is 1. The molecule has 1 N–H and O–H groups in total. The molecule has 1 saturated carbocycles. The molecule has 1 aromatic carbocycles. The Kier molecular flexibility index (Phi) is 4.36. The van der Waals surface area contributed by atoms with Crippen LogP contribution >= 0.6 is 23.2 Å². The van der Waals surface area contributed by atoms with Crippen molar-refractivity contribution in [2.24, 2.45) is 5.92 Å². The first-order valence-corrected chi connectivity index (χ1v) is 7.82. The van der Waals surface area contributed by atoms with E-state index in [0.717, 1.165) is 12.0 Å². The van der Waals surface area contributed by atoms with E-state index in [2.05, 4.69) is 15.5 Å². The lowest BCUT2D eigenvalue weighted by Gasteiger charge is -2.06. The van der Waals surface area contributed by atoms with Crippen LogP contribution in [-0.4, -0.2) is 22.6 Å². The molecule has 116 valence electrons. The molecule has 0 radical (unpaired) electrons. The summed E-state index contributed by atoms with van der Waals surface area (Å²) >= 11 is 12.2. The van der Waals surface area contributed by atoms with Crippen molar-refractivity contribution in [2.45, 2.75) is 25.7 Å². The van der Waals surface area contributed by atoms with Gasteiger partial charge < -0.3 is 9.84 Å². The summed E-state index contributed by atoms with van der Waals surface area (Å²) < 4.78 is 5.00. The zero-order valence-corrected chi connectivity index (χ0v) is 13.5. The maximum atomic E-state index is 12.1. The van der Waals surface area contributed by atoms with Crippen LogP contribution in [0.3, 0.4) is 0 Å². The van der Waals surface area contributed by atoms with E-state index in [1.165, 1.54) is 0 Å². The highest BCUT2D eigenvalue weighted by Gasteiger charge is 2.44. The molecule has 1 aliphatic rings. The summed E-state index contributed by atoms with van der Waals surface area (Å²) in [5, 5.41) is 7.67. The number of carbonyl (C=O) groups excluding carboxylic acids is 1. The molecule has 1 amide bonds. The summed E-state index contributed by atoms with van der Waals surface area (Å²) in [6.07, 6.45) is 1.33. The van der Waals surface area contributed by atoms with E-state index < -0.39 is 0 Å². The molecule has 0 spiro atoms. The molecule has 0 unspecified atom stereocenters. The van der Waals surface area contributed by atoms with Gasteiger partial charge >= 0.3 is 0 Å². The molecule has 0 saturated heterocycles. The van der Waals surface area contributed by atoms with Crippen molar-refractivity contribution in [3.8, 4) is 0 Å². The quantitative estimate of drug-likeness (QED) is 0.908. The average Bonchev–Trinajstić information content (AvgIpc) is 3.18. The Morgan fingerprint density at radius 2 is 2.27 bits per heavy atom. The van der Waals surface area contributed by atoms with Gasteiger partial charge in [-0.25, -0.2) is 0 Å². The average molecular weight is 340 g/mol. The maximum absolute atomic E-state index is 12.1. The molecule has 0 bridgehead atoms. The van der Waals surface area contributed by atoms with Gasteiger partial charge in [-0.2, -0.15) is 4.98 Å². The number of nitrogens with one attached hydrogen (secondary N) is 1. The smallest absolute Gasteiger partial charge is 0.228 e. The van der Waals surface area contributed by atoms with Crippen LogP contribution in [-0.2, 0) is 11.2 Å². The topological polar surface area (TPSA) is 68.0 Å². The molecule has 3 rings (SSSR count). The van der Waals surface area contributed by atoms with E-state index in [1.54, 1.807) is 13.0 Å². The van der Waals surface area contributed by atoms with Gasteiger partial charge in [0.2, 0.25) is 11.8 Å². The van der Waals surface area contributed by atoms with E-state index >= 15 is 0 Å². The second-order valence-electron chi connectivity index (χ2n) is 5.37. The Morgan fingerprint density at radius 3 is 3.00 bits per heavy atom. The van der Waals surface area contributed by atoms with E-state index in [9.17, 15) is 4.79 Å². The molecule has 1 aliphatic carbocycles. The number of rotatable bonds is 5. The normalized spacial score (nSPS) is 20.0. The van der Waals surface area contributed by atoms with Crippen LogP contribution in [0.5, 0.6) is 0 Å². The monoisotopic (exact) mass is 339 g/mol. The number of aromatic nitrogens is 2. The standard InChI is InChI=1S/C15H15Cl2N3O2/c1-8-19-13(22-20-8)5-6-18-15(21)11-7-10(11)9-3-2-4-12(16)14(9)17/h2-4,10-11H,5-7H2,1H3,(H,18,21)/t10-,11+/m0/s1. The number of amides is 1. The molecule has 22 heavy (non-hydrogen) atoms. The number of aryl methyl sites for hydroxylation is 1. The first kappa shape index (κ1) is 15.3. The van der Waals surface area contributed by atoms with Crippen molar-refractivity contribution in [3.05, 3.63) is 45.5 Å². The van der Waals surface area contributed by atoms with Gasteiger partial charge in [0.15, 0.2) is 5.82 Å². The lowest BCUT2D eigenvalue weighted by molar-refractivity contribution is -0.122. The Morgan fingerprint density at radius 1 is 1.45 bits per heavy atom. The molecule has 7 heteroatoms. The predicted molar refractivity (Wildman–Crippen MR) is 83.1 cm³/mol. The van der Waals surface area contributed by atoms with Crippen LogP contribution < -0.4 is 5.32 Å². The van der Waals surface area contributed by atoms with Crippen molar-refractivity contribution >= 4 is 29.1 Å².